The third kappa shape index (κ3) is 5.65. The van der Waals surface area contributed by atoms with Gasteiger partial charge in [0.05, 0.1) is 35.8 Å². The van der Waals surface area contributed by atoms with Crippen LogP contribution in [0.15, 0.2) is 24.7 Å². The van der Waals surface area contributed by atoms with Crippen molar-refractivity contribution in [2.24, 2.45) is 11.8 Å². The summed E-state index contributed by atoms with van der Waals surface area (Å²) in [5, 5.41) is 13.7. The van der Waals surface area contributed by atoms with Gasteiger partial charge >= 0.3 is 0 Å². The first kappa shape index (κ1) is 20.5. The first-order valence-electron chi connectivity index (χ1n) is 10.6. The molecule has 0 spiro atoms. The molecule has 4 rings (SSSR count). The summed E-state index contributed by atoms with van der Waals surface area (Å²) < 4.78 is 5.55. The third-order valence-electron chi connectivity index (χ3n) is 5.96. The number of aliphatic hydroxyl groups is 1. The van der Waals surface area contributed by atoms with Gasteiger partial charge in [-0.2, -0.15) is 0 Å². The Kier molecular flexibility index (Phi) is 6.95. The Morgan fingerprint density at radius 1 is 1.10 bits per heavy atom. The molecule has 7 heteroatoms. The van der Waals surface area contributed by atoms with Gasteiger partial charge in [0.1, 0.15) is 5.82 Å². The van der Waals surface area contributed by atoms with Gasteiger partial charge < -0.3 is 15.2 Å². The fourth-order valence-corrected chi connectivity index (χ4v) is 4.43. The van der Waals surface area contributed by atoms with Crippen LogP contribution in [0, 0.1) is 11.8 Å². The highest BCUT2D eigenvalue weighted by atomic mass is 35.5. The maximum Gasteiger partial charge on any atom is 0.145 e. The zero-order chi connectivity index (χ0) is 20.1. The van der Waals surface area contributed by atoms with Crippen LogP contribution in [-0.4, -0.2) is 45.9 Å². The minimum atomic E-state index is -0.134. The molecule has 1 aliphatic heterocycles. The summed E-state index contributed by atoms with van der Waals surface area (Å²) in [6.45, 7) is 2.51. The van der Waals surface area contributed by atoms with Gasteiger partial charge in [0.2, 0.25) is 0 Å². The van der Waals surface area contributed by atoms with Crippen LogP contribution in [0.25, 0.3) is 11.3 Å². The summed E-state index contributed by atoms with van der Waals surface area (Å²) >= 11 is 6.44. The Balaban J connectivity index is 1.44. The Bertz CT molecular complexity index is 805. The van der Waals surface area contributed by atoms with Crippen molar-refractivity contribution in [3.05, 3.63) is 35.4 Å². The van der Waals surface area contributed by atoms with Crippen LogP contribution < -0.4 is 5.32 Å². The van der Waals surface area contributed by atoms with Crippen molar-refractivity contribution in [3.8, 4) is 11.3 Å². The van der Waals surface area contributed by atoms with E-state index in [1.807, 2.05) is 6.07 Å². The van der Waals surface area contributed by atoms with E-state index in [2.05, 4.69) is 15.3 Å². The number of rotatable bonds is 6. The summed E-state index contributed by atoms with van der Waals surface area (Å²) in [5.41, 5.74) is 2.64. The molecule has 0 aromatic carbocycles. The highest BCUT2D eigenvalue weighted by molar-refractivity contribution is 6.33. The molecule has 0 amide bonds. The summed E-state index contributed by atoms with van der Waals surface area (Å²) in [7, 11) is 0. The largest absolute Gasteiger partial charge is 0.393 e. The van der Waals surface area contributed by atoms with Gasteiger partial charge in [-0.1, -0.05) is 11.6 Å². The minimum Gasteiger partial charge on any atom is -0.393 e. The van der Waals surface area contributed by atoms with Crippen LogP contribution in [0.2, 0.25) is 5.02 Å². The molecule has 156 valence electrons. The molecule has 2 N–H and O–H groups in total. The van der Waals surface area contributed by atoms with Gasteiger partial charge in [0, 0.05) is 30.6 Å². The molecule has 3 heterocycles. The van der Waals surface area contributed by atoms with Crippen molar-refractivity contribution in [1.82, 2.24) is 15.0 Å². The van der Waals surface area contributed by atoms with Gasteiger partial charge in [-0.05, 0) is 62.8 Å². The van der Waals surface area contributed by atoms with E-state index >= 15 is 0 Å². The van der Waals surface area contributed by atoms with Gasteiger partial charge in [0.25, 0.3) is 0 Å². The van der Waals surface area contributed by atoms with E-state index in [1.54, 1.807) is 18.6 Å². The summed E-state index contributed by atoms with van der Waals surface area (Å²) in [6.07, 6.45) is 12.1. The number of nitrogens with one attached hydrogen (secondary N) is 1. The highest BCUT2D eigenvalue weighted by Crippen LogP contribution is 2.30. The number of aliphatic hydroxyl groups excluding tert-OH is 1. The van der Waals surface area contributed by atoms with E-state index in [4.69, 9.17) is 21.3 Å². The lowest BCUT2D eigenvalue weighted by molar-refractivity contribution is 0.0595. The highest BCUT2D eigenvalue weighted by Gasteiger charge is 2.21. The van der Waals surface area contributed by atoms with E-state index in [9.17, 15) is 5.11 Å². The van der Waals surface area contributed by atoms with Gasteiger partial charge in [-0.15, -0.1) is 0 Å². The molecule has 0 bridgehead atoms. The van der Waals surface area contributed by atoms with E-state index < -0.39 is 0 Å². The number of halogens is 1. The maximum atomic E-state index is 9.71. The standard InChI is InChI=1S/C22H29ClN4O2/c23-20-11-25-17(8-15-3-5-18(28)6-4-15)9-19(20)21-12-24-13-22(27-21)26-10-16-2-1-7-29-14-16/h9,11-13,15-16,18,28H,1-8,10,14H2,(H,26,27)/t15?,16-,18?/m0/s1. The van der Waals surface area contributed by atoms with Crippen molar-refractivity contribution in [2.75, 3.05) is 25.1 Å². The molecule has 1 aliphatic carbocycles. The molecule has 1 saturated heterocycles. The summed E-state index contributed by atoms with van der Waals surface area (Å²) in [5.74, 6) is 1.83. The first-order valence-corrected chi connectivity index (χ1v) is 11.0. The van der Waals surface area contributed by atoms with Crippen molar-refractivity contribution >= 4 is 17.4 Å². The minimum absolute atomic E-state index is 0.134. The summed E-state index contributed by atoms with van der Waals surface area (Å²) in [4.78, 5) is 13.6. The Morgan fingerprint density at radius 3 is 2.76 bits per heavy atom. The van der Waals surface area contributed by atoms with E-state index in [-0.39, 0.29) is 6.10 Å². The smallest absolute Gasteiger partial charge is 0.145 e. The molecule has 6 nitrogen and oxygen atoms in total. The molecule has 2 aliphatic rings. The maximum absolute atomic E-state index is 9.71. The number of aromatic nitrogens is 3. The zero-order valence-electron chi connectivity index (χ0n) is 16.7. The Hall–Kier alpha value is -1.76. The first-order chi connectivity index (χ1) is 14.2. The molecule has 2 fully saturated rings. The molecule has 29 heavy (non-hydrogen) atoms. The van der Waals surface area contributed by atoms with Crippen molar-refractivity contribution in [2.45, 2.75) is 51.0 Å². The number of hydrogen-bond acceptors (Lipinski definition) is 6. The number of anilines is 1. The summed E-state index contributed by atoms with van der Waals surface area (Å²) in [6, 6.07) is 2.04. The molecular formula is C22H29ClN4O2. The number of nitrogens with zero attached hydrogens (tertiary/aromatic N) is 3. The van der Waals surface area contributed by atoms with Crippen LogP contribution in [-0.2, 0) is 11.2 Å². The van der Waals surface area contributed by atoms with Crippen LogP contribution in [0.3, 0.4) is 0 Å². The lowest BCUT2D eigenvalue weighted by Gasteiger charge is -2.25. The second kappa shape index (κ2) is 9.83. The fraction of sp³-hybridized carbons (Fsp3) is 0.591. The SMILES string of the molecule is OC1CCC(Cc2cc(-c3cncc(NC[C@@H]4CCCOC4)n3)c(Cl)cn2)CC1. The topological polar surface area (TPSA) is 80.2 Å². The lowest BCUT2D eigenvalue weighted by Crippen LogP contribution is -2.24. The van der Waals surface area contributed by atoms with Gasteiger partial charge in [-0.25, -0.2) is 4.98 Å². The molecule has 1 saturated carbocycles. The monoisotopic (exact) mass is 416 g/mol. The van der Waals surface area contributed by atoms with Gasteiger partial charge in [-0.3, -0.25) is 9.97 Å². The normalized spacial score (nSPS) is 25.0. The second-order valence-corrected chi connectivity index (χ2v) is 8.69. The van der Waals surface area contributed by atoms with E-state index in [0.29, 0.717) is 16.9 Å². The molecule has 0 radical (unpaired) electrons. The molecule has 2 aromatic heterocycles. The van der Waals surface area contributed by atoms with Crippen molar-refractivity contribution in [3.63, 3.8) is 0 Å². The predicted octanol–water partition coefficient (Wildman–Crippen LogP) is 4.12. The second-order valence-electron chi connectivity index (χ2n) is 8.29. The molecule has 2 aromatic rings. The average Bonchev–Trinajstić information content (AvgIpc) is 2.76. The lowest BCUT2D eigenvalue weighted by atomic mass is 9.84. The van der Waals surface area contributed by atoms with Crippen LogP contribution in [0.1, 0.15) is 44.2 Å². The molecule has 0 unspecified atom stereocenters. The van der Waals surface area contributed by atoms with Crippen LogP contribution >= 0.6 is 11.6 Å². The fourth-order valence-electron chi connectivity index (χ4n) is 4.23. The Labute approximate surface area is 177 Å². The average molecular weight is 417 g/mol. The van der Waals surface area contributed by atoms with Crippen molar-refractivity contribution < 1.29 is 9.84 Å². The van der Waals surface area contributed by atoms with Crippen LogP contribution in [0.4, 0.5) is 5.82 Å². The number of hydrogen-bond donors (Lipinski definition) is 2. The third-order valence-corrected chi connectivity index (χ3v) is 6.26. The zero-order valence-corrected chi connectivity index (χ0v) is 17.4. The quantitative estimate of drug-likeness (QED) is 0.737. The molecule has 1 atom stereocenters. The number of pyridine rings is 1. The predicted molar refractivity (Wildman–Crippen MR) is 114 cm³/mol. The van der Waals surface area contributed by atoms with E-state index in [1.165, 1.54) is 6.42 Å². The van der Waals surface area contributed by atoms with Crippen molar-refractivity contribution in [1.29, 1.82) is 0 Å². The Morgan fingerprint density at radius 2 is 1.97 bits per heavy atom. The number of ether oxygens (including phenoxy) is 1. The molecular weight excluding hydrogens is 388 g/mol. The van der Waals surface area contributed by atoms with E-state index in [0.717, 1.165) is 81.1 Å². The van der Waals surface area contributed by atoms with Crippen LogP contribution in [0.5, 0.6) is 0 Å². The van der Waals surface area contributed by atoms with Gasteiger partial charge in [0.15, 0.2) is 0 Å².